The Balaban J connectivity index is 2.34. The van der Waals surface area contributed by atoms with Crippen LogP contribution >= 0.6 is 11.6 Å². The molecule has 0 aliphatic rings. The first-order valence-electron chi connectivity index (χ1n) is 5.01. The van der Waals surface area contributed by atoms with Gasteiger partial charge < -0.3 is 5.73 Å². The molecule has 1 atom stereocenters. The molecule has 0 amide bonds. The van der Waals surface area contributed by atoms with Gasteiger partial charge in [0.2, 0.25) is 0 Å². The molecule has 2 aromatic heterocycles. The molecule has 0 aromatic carbocycles. The van der Waals surface area contributed by atoms with Crippen LogP contribution in [0.2, 0.25) is 5.02 Å². The fourth-order valence-corrected chi connectivity index (χ4v) is 1.50. The van der Waals surface area contributed by atoms with E-state index in [0.29, 0.717) is 5.02 Å². The van der Waals surface area contributed by atoms with Gasteiger partial charge in [-0.1, -0.05) is 11.6 Å². The highest BCUT2D eigenvalue weighted by Crippen LogP contribution is 2.16. The Hall–Kier alpha value is -1.39. The van der Waals surface area contributed by atoms with Crippen molar-refractivity contribution in [3.05, 3.63) is 40.9 Å². The summed E-state index contributed by atoms with van der Waals surface area (Å²) in [5.74, 6) is 0. The molecule has 0 saturated carbocycles. The van der Waals surface area contributed by atoms with E-state index in [-0.39, 0.29) is 6.04 Å². The van der Waals surface area contributed by atoms with Crippen molar-refractivity contribution in [2.24, 2.45) is 5.73 Å². The standard InChI is InChI=1S/C11H13ClN4/c1-7(13)11-4-3-9(5-14-11)16-6-10(12)8(2)15-16/h3-7H,13H2,1-2H3/t7-/m0/s1. The molecule has 2 rings (SSSR count). The maximum Gasteiger partial charge on any atom is 0.0829 e. The van der Waals surface area contributed by atoms with Crippen molar-refractivity contribution < 1.29 is 0 Å². The van der Waals surface area contributed by atoms with Crippen LogP contribution in [-0.4, -0.2) is 14.8 Å². The lowest BCUT2D eigenvalue weighted by atomic mass is 10.2. The van der Waals surface area contributed by atoms with Gasteiger partial charge >= 0.3 is 0 Å². The Labute approximate surface area is 99.1 Å². The summed E-state index contributed by atoms with van der Waals surface area (Å²) < 4.78 is 1.70. The van der Waals surface area contributed by atoms with E-state index in [1.165, 1.54) is 0 Å². The summed E-state index contributed by atoms with van der Waals surface area (Å²) in [5.41, 5.74) is 8.26. The summed E-state index contributed by atoms with van der Waals surface area (Å²) in [6.07, 6.45) is 3.50. The SMILES string of the molecule is Cc1nn(-c2ccc([C@H](C)N)nc2)cc1Cl. The van der Waals surface area contributed by atoms with Crippen LogP contribution in [0.1, 0.15) is 24.4 Å². The lowest BCUT2D eigenvalue weighted by Crippen LogP contribution is -2.07. The van der Waals surface area contributed by atoms with Gasteiger partial charge in [0.25, 0.3) is 0 Å². The van der Waals surface area contributed by atoms with Crippen LogP contribution in [0.4, 0.5) is 0 Å². The van der Waals surface area contributed by atoms with Gasteiger partial charge in [-0.15, -0.1) is 0 Å². The number of rotatable bonds is 2. The Morgan fingerprint density at radius 2 is 2.19 bits per heavy atom. The molecule has 2 heterocycles. The maximum atomic E-state index is 5.94. The van der Waals surface area contributed by atoms with Crippen molar-refractivity contribution in [1.29, 1.82) is 0 Å². The minimum atomic E-state index is -0.0583. The third-order valence-electron chi connectivity index (χ3n) is 2.34. The van der Waals surface area contributed by atoms with Crippen LogP contribution in [-0.2, 0) is 0 Å². The van der Waals surface area contributed by atoms with Gasteiger partial charge in [-0.25, -0.2) is 4.68 Å². The highest BCUT2D eigenvalue weighted by Gasteiger charge is 2.05. The van der Waals surface area contributed by atoms with Gasteiger partial charge in [-0.05, 0) is 26.0 Å². The molecule has 2 aromatic rings. The summed E-state index contributed by atoms with van der Waals surface area (Å²) in [7, 11) is 0. The predicted octanol–water partition coefficient (Wildman–Crippen LogP) is 2.25. The molecule has 0 bridgehead atoms. The first-order chi connectivity index (χ1) is 7.58. The highest BCUT2D eigenvalue weighted by molar-refractivity contribution is 6.31. The maximum absolute atomic E-state index is 5.94. The van der Waals surface area contributed by atoms with Crippen LogP contribution in [0.25, 0.3) is 5.69 Å². The molecule has 4 nitrogen and oxygen atoms in total. The second kappa shape index (κ2) is 4.23. The van der Waals surface area contributed by atoms with Crippen LogP contribution < -0.4 is 5.73 Å². The van der Waals surface area contributed by atoms with Crippen molar-refractivity contribution in [2.75, 3.05) is 0 Å². The zero-order valence-electron chi connectivity index (χ0n) is 9.18. The molecule has 2 N–H and O–H groups in total. The molecule has 0 fully saturated rings. The zero-order valence-corrected chi connectivity index (χ0v) is 9.94. The quantitative estimate of drug-likeness (QED) is 0.870. The van der Waals surface area contributed by atoms with E-state index in [1.807, 2.05) is 26.0 Å². The van der Waals surface area contributed by atoms with E-state index in [0.717, 1.165) is 17.1 Å². The third kappa shape index (κ3) is 2.08. The van der Waals surface area contributed by atoms with Crippen molar-refractivity contribution in [1.82, 2.24) is 14.8 Å². The molecular weight excluding hydrogens is 224 g/mol. The largest absolute Gasteiger partial charge is 0.323 e. The number of nitrogens with zero attached hydrogens (tertiary/aromatic N) is 3. The van der Waals surface area contributed by atoms with Gasteiger partial charge in [-0.2, -0.15) is 5.10 Å². The monoisotopic (exact) mass is 236 g/mol. The lowest BCUT2D eigenvalue weighted by Gasteiger charge is -2.05. The van der Waals surface area contributed by atoms with Gasteiger partial charge in [0.1, 0.15) is 0 Å². The smallest absolute Gasteiger partial charge is 0.0829 e. The minimum Gasteiger partial charge on any atom is -0.323 e. The summed E-state index contributed by atoms with van der Waals surface area (Å²) in [5, 5.41) is 4.92. The minimum absolute atomic E-state index is 0.0583. The van der Waals surface area contributed by atoms with Crippen LogP contribution in [0.15, 0.2) is 24.5 Å². The molecule has 0 aliphatic heterocycles. The molecule has 0 saturated heterocycles. The Morgan fingerprint density at radius 1 is 1.44 bits per heavy atom. The molecule has 5 heteroatoms. The summed E-state index contributed by atoms with van der Waals surface area (Å²) in [4.78, 5) is 4.26. The number of hydrogen-bond donors (Lipinski definition) is 1. The van der Waals surface area contributed by atoms with E-state index in [9.17, 15) is 0 Å². The van der Waals surface area contributed by atoms with Gasteiger partial charge in [0.15, 0.2) is 0 Å². The van der Waals surface area contributed by atoms with E-state index < -0.39 is 0 Å². The van der Waals surface area contributed by atoms with E-state index >= 15 is 0 Å². The third-order valence-corrected chi connectivity index (χ3v) is 2.71. The average Bonchev–Trinajstić information content (AvgIpc) is 2.59. The van der Waals surface area contributed by atoms with Gasteiger partial charge in [0.05, 0.1) is 28.3 Å². The normalized spacial score (nSPS) is 12.8. The van der Waals surface area contributed by atoms with Gasteiger partial charge in [-0.3, -0.25) is 4.98 Å². The van der Waals surface area contributed by atoms with E-state index in [2.05, 4.69) is 10.1 Å². The number of aromatic nitrogens is 3. The molecule has 0 unspecified atom stereocenters. The molecular formula is C11H13ClN4. The first-order valence-corrected chi connectivity index (χ1v) is 5.39. The Bertz CT molecular complexity index is 468. The summed E-state index contributed by atoms with van der Waals surface area (Å²) in [6.45, 7) is 3.76. The van der Waals surface area contributed by atoms with Gasteiger partial charge in [0, 0.05) is 12.2 Å². The molecule has 0 aliphatic carbocycles. The van der Waals surface area contributed by atoms with Crippen molar-refractivity contribution in [2.45, 2.75) is 19.9 Å². The number of halogens is 1. The number of pyridine rings is 1. The van der Waals surface area contributed by atoms with Crippen LogP contribution in [0.5, 0.6) is 0 Å². The molecule has 0 radical (unpaired) electrons. The average molecular weight is 237 g/mol. The first kappa shape index (κ1) is 11.1. The number of hydrogen-bond acceptors (Lipinski definition) is 3. The van der Waals surface area contributed by atoms with Crippen molar-refractivity contribution in [3.8, 4) is 5.69 Å². The van der Waals surface area contributed by atoms with Crippen LogP contribution in [0, 0.1) is 6.92 Å². The fraction of sp³-hybridized carbons (Fsp3) is 0.273. The summed E-state index contributed by atoms with van der Waals surface area (Å²) >= 11 is 5.94. The molecule has 16 heavy (non-hydrogen) atoms. The second-order valence-electron chi connectivity index (χ2n) is 3.74. The van der Waals surface area contributed by atoms with Crippen molar-refractivity contribution in [3.63, 3.8) is 0 Å². The van der Waals surface area contributed by atoms with E-state index in [1.54, 1.807) is 17.1 Å². The van der Waals surface area contributed by atoms with Crippen LogP contribution in [0.3, 0.4) is 0 Å². The van der Waals surface area contributed by atoms with E-state index in [4.69, 9.17) is 17.3 Å². The molecule has 0 spiro atoms. The highest BCUT2D eigenvalue weighted by atomic mass is 35.5. The van der Waals surface area contributed by atoms with Crippen molar-refractivity contribution >= 4 is 11.6 Å². The Kier molecular flexibility index (Phi) is 2.94. The molecule has 84 valence electrons. The predicted molar refractivity (Wildman–Crippen MR) is 63.7 cm³/mol. The Morgan fingerprint density at radius 3 is 2.62 bits per heavy atom. The lowest BCUT2D eigenvalue weighted by molar-refractivity contribution is 0.774. The zero-order chi connectivity index (χ0) is 11.7. The second-order valence-corrected chi connectivity index (χ2v) is 4.14. The topological polar surface area (TPSA) is 56.7 Å². The summed E-state index contributed by atoms with van der Waals surface area (Å²) in [6, 6.07) is 3.76. The number of nitrogens with two attached hydrogens (primary N) is 1. The fourth-order valence-electron chi connectivity index (χ4n) is 1.37. The number of aryl methyl sites for hydroxylation is 1.